The number of nitrogens with zero attached hydrogens (tertiary/aromatic N) is 1. The van der Waals surface area contributed by atoms with Crippen molar-refractivity contribution in [2.45, 2.75) is 6.92 Å². The van der Waals surface area contributed by atoms with Gasteiger partial charge in [0, 0.05) is 25.2 Å². The number of carboxylic acid groups (broad SMARTS) is 1. The molecule has 0 radical (unpaired) electrons. The second-order valence-electron chi connectivity index (χ2n) is 4.02. The van der Waals surface area contributed by atoms with Crippen LogP contribution in [0.3, 0.4) is 0 Å². The number of amides is 1. The lowest BCUT2D eigenvalue weighted by Gasteiger charge is -2.16. The lowest BCUT2D eigenvalue weighted by molar-refractivity contribution is -0.132. The van der Waals surface area contributed by atoms with Crippen LogP contribution in [-0.2, 0) is 9.59 Å². The highest BCUT2D eigenvalue weighted by Gasteiger charge is 2.10. The third-order valence-electron chi connectivity index (χ3n) is 2.66. The topological polar surface area (TPSA) is 66.8 Å². The molecule has 0 saturated carbocycles. The highest BCUT2D eigenvalue weighted by molar-refractivity contribution is 6.32. The average molecular weight is 298 g/mol. The van der Waals surface area contributed by atoms with Crippen molar-refractivity contribution >= 4 is 29.6 Å². The van der Waals surface area contributed by atoms with Gasteiger partial charge >= 0.3 is 5.97 Å². The van der Waals surface area contributed by atoms with Crippen LogP contribution in [0, 0.1) is 0 Å². The molecule has 0 aliphatic heterocycles. The zero-order chi connectivity index (χ0) is 15.1. The summed E-state index contributed by atoms with van der Waals surface area (Å²) in [6.07, 6.45) is 2.31. The van der Waals surface area contributed by atoms with E-state index in [-0.39, 0.29) is 12.5 Å². The van der Waals surface area contributed by atoms with Gasteiger partial charge in [-0.25, -0.2) is 4.79 Å². The molecule has 0 unspecified atom stereocenters. The average Bonchev–Trinajstić information content (AvgIpc) is 2.42. The van der Waals surface area contributed by atoms with Gasteiger partial charge in [-0.15, -0.1) is 0 Å². The van der Waals surface area contributed by atoms with Gasteiger partial charge in [-0.3, -0.25) is 4.79 Å². The molecule has 1 rings (SSSR count). The molecular weight excluding hydrogens is 282 g/mol. The highest BCUT2D eigenvalue weighted by atomic mass is 35.5. The number of carbonyl (C=O) groups excluding carboxylic acids is 1. The second-order valence-corrected chi connectivity index (χ2v) is 4.43. The van der Waals surface area contributed by atoms with Crippen LogP contribution in [-0.4, -0.2) is 42.1 Å². The van der Waals surface area contributed by atoms with E-state index in [2.05, 4.69) is 0 Å². The largest absolute Gasteiger partial charge is 0.483 e. The smallest absolute Gasteiger partial charge is 0.328 e. The zero-order valence-electron chi connectivity index (χ0n) is 11.3. The number of likely N-dealkylation sites (N-methyl/N-ethyl adjacent to an activating group) is 1. The summed E-state index contributed by atoms with van der Waals surface area (Å²) in [5, 5.41) is 9.01. The van der Waals surface area contributed by atoms with Gasteiger partial charge in [0.15, 0.2) is 6.61 Å². The molecule has 1 aromatic carbocycles. The quantitative estimate of drug-likeness (QED) is 0.818. The van der Waals surface area contributed by atoms with E-state index in [0.29, 0.717) is 22.9 Å². The lowest BCUT2D eigenvalue weighted by atomic mass is 10.2. The molecule has 0 saturated heterocycles. The van der Waals surface area contributed by atoms with Gasteiger partial charge in [-0.1, -0.05) is 17.7 Å². The van der Waals surface area contributed by atoms with Crippen molar-refractivity contribution in [3.63, 3.8) is 0 Å². The van der Waals surface area contributed by atoms with Gasteiger partial charge < -0.3 is 14.7 Å². The Labute approximate surface area is 122 Å². The van der Waals surface area contributed by atoms with Crippen LogP contribution in [0.2, 0.25) is 5.02 Å². The van der Waals surface area contributed by atoms with Crippen molar-refractivity contribution < 1.29 is 19.4 Å². The van der Waals surface area contributed by atoms with Crippen LogP contribution in [0.1, 0.15) is 12.5 Å². The van der Waals surface area contributed by atoms with E-state index < -0.39 is 5.97 Å². The van der Waals surface area contributed by atoms with E-state index in [1.54, 1.807) is 25.2 Å². The maximum absolute atomic E-state index is 11.7. The first-order valence-electron chi connectivity index (χ1n) is 6.02. The number of aliphatic carboxylic acids is 1. The fourth-order valence-electron chi connectivity index (χ4n) is 1.39. The number of hydrogen-bond donors (Lipinski definition) is 1. The molecule has 1 amide bonds. The van der Waals surface area contributed by atoms with Gasteiger partial charge in [0.25, 0.3) is 5.91 Å². The first-order valence-corrected chi connectivity index (χ1v) is 6.39. The minimum atomic E-state index is -1.09. The van der Waals surface area contributed by atoms with E-state index in [9.17, 15) is 9.59 Å². The fourth-order valence-corrected chi connectivity index (χ4v) is 1.61. The monoisotopic (exact) mass is 297 g/mol. The first-order chi connectivity index (χ1) is 9.45. The Morgan fingerprint density at radius 2 is 2.15 bits per heavy atom. The molecule has 20 heavy (non-hydrogen) atoms. The summed E-state index contributed by atoms with van der Waals surface area (Å²) in [7, 11) is 1.68. The molecule has 0 heterocycles. The molecule has 0 aliphatic rings. The summed E-state index contributed by atoms with van der Waals surface area (Å²) in [6.45, 7) is 2.32. The maximum atomic E-state index is 11.7. The van der Waals surface area contributed by atoms with E-state index in [1.165, 1.54) is 11.0 Å². The number of halogens is 1. The van der Waals surface area contributed by atoms with Crippen molar-refractivity contribution in [1.29, 1.82) is 0 Å². The molecule has 1 aromatic rings. The molecule has 0 atom stereocenters. The van der Waals surface area contributed by atoms with E-state index in [4.69, 9.17) is 21.4 Å². The molecule has 0 spiro atoms. The summed E-state index contributed by atoms with van der Waals surface area (Å²) in [4.78, 5) is 23.7. The fraction of sp³-hybridized carbons (Fsp3) is 0.286. The molecule has 108 valence electrons. The molecule has 0 aromatic heterocycles. The van der Waals surface area contributed by atoms with Gasteiger partial charge in [-0.05, 0) is 25.1 Å². The van der Waals surface area contributed by atoms with Crippen LogP contribution >= 0.6 is 11.6 Å². The van der Waals surface area contributed by atoms with Crippen molar-refractivity contribution in [2.24, 2.45) is 0 Å². The van der Waals surface area contributed by atoms with E-state index in [0.717, 1.165) is 6.08 Å². The zero-order valence-corrected chi connectivity index (χ0v) is 12.1. The third kappa shape index (κ3) is 4.59. The minimum Gasteiger partial charge on any atom is -0.483 e. The Morgan fingerprint density at radius 3 is 2.75 bits per heavy atom. The normalized spacial score (nSPS) is 10.6. The molecule has 0 aliphatic carbocycles. The van der Waals surface area contributed by atoms with Crippen LogP contribution in [0.4, 0.5) is 0 Å². The molecule has 5 nitrogen and oxygen atoms in total. The van der Waals surface area contributed by atoms with E-state index in [1.807, 2.05) is 6.92 Å². The minimum absolute atomic E-state index is 0.126. The Hall–Kier alpha value is -2.01. The van der Waals surface area contributed by atoms with Crippen molar-refractivity contribution in [3.8, 4) is 5.75 Å². The van der Waals surface area contributed by atoms with Gasteiger partial charge in [0.2, 0.25) is 0 Å². The molecule has 0 bridgehead atoms. The summed E-state index contributed by atoms with van der Waals surface area (Å²) < 4.78 is 5.42. The van der Waals surface area contributed by atoms with Crippen LogP contribution < -0.4 is 4.74 Å². The van der Waals surface area contributed by atoms with E-state index >= 15 is 0 Å². The van der Waals surface area contributed by atoms with Gasteiger partial charge in [-0.2, -0.15) is 0 Å². The van der Waals surface area contributed by atoms with Crippen LogP contribution in [0.15, 0.2) is 24.3 Å². The van der Waals surface area contributed by atoms with Crippen LogP contribution in [0.5, 0.6) is 5.75 Å². The predicted octanol–water partition coefficient (Wildman–Crippen LogP) is 2.29. The molecular formula is C14H16ClNO4. The Morgan fingerprint density at radius 1 is 1.45 bits per heavy atom. The highest BCUT2D eigenvalue weighted by Crippen LogP contribution is 2.27. The number of ether oxygens (including phenoxy) is 1. The predicted molar refractivity (Wildman–Crippen MR) is 76.9 cm³/mol. The number of benzene rings is 1. The van der Waals surface area contributed by atoms with Gasteiger partial charge in [0.05, 0.1) is 5.02 Å². The molecule has 6 heteroatoms. The second kappa shape index (κ2) is 7.55. The summed E-state index contributed by atoms with van der Waals surface area (Å²) >= 11 is 6.00. The number of hydrogen-bond acceptors (Lipinski definition) is 3. The maximum Gasteiger partial charge on any atom is 0.328 e. The Bertz CT molecular complexity index is 528. The first kappa shape index (κ1) is 16.0. The molecule has 1 N–H and O–H groups in total. The van der Waals surface area contributed by atoms with Crippen molar-refractivity contribution in [1.82, 2.24) is 4.90 Å². The summed E-state index contributed by atoms with van der Waals surface area (Å²) in [5.41, 5.74) is 0.434. The summed E-state index contributed by atoms with van der Waals surface area (Å²) in [6, 6.07) is 4.92. The number of carbonyl (C=O) groups is 2. The van der Waals surface area contributed by atoms with Gasteiger partial charge in [0.1, 0.15) is 5.75 Å². The Kier molecular flexibility index (Phi) is 6.06. The van der Waals surface area contributed by atoms with Crippen molar-refractivity contribution in [3.05, 3.63) is 34.9 Å². The van der Waals surface area contributed by atoms with Crippen molar-refractivity contribution in [2.75, 3.05) is 20.2 Å². The lowest BCUT2D eigenvalue weighted by Crippen LogP contribution is -2.31. The van der Waals surface area contributed by atoms with Crippen LogP contribution in [0.25, 0.3) is 6.08 Å². The SMILES string of the molecule is CCN(C)C(=O)COc1cccc(Cl)c1/C=C/C(=O)O. The number of rotatable bonds is 6. The third-order valence-corrected chi connectivity index (χ3v) is 2.99. The summed E-state index contributed by atoms with van der Waals surface area (Å²) in [5.74, 6) is -0.883. The molecule has 0 fully saturated rings. The Balaban J connectivity index is 2.87. The number of carboxylic acids is 1. The standard InChI is InChI=1S/C14H16ClNO4/c1-3-16(2)13(17)9-20-12-6-4-5-11(15)10(12)7-8-14(18)19/h4-8H,3,9H2,1-2H3,(H,18,19)/b8-7+.